The van der Waals surface area contributed by atoms with Crippen LogP contribution in [0.25, 0.3) is 22.5 Å². The van der Waals surface area contributed by atoms with E-state index in [1.807, 2.05) is 6.20 Å². The molecule has 7 rings (SSSR count). The van der Waals surface area contributed by atoms with Gasteiger partial charge in [-0.25, -0.2) is 9.97 Å². The third-order valence-electron chi connectivity index (χ3n) is 7.81. The summed E-state index contributed by atoms with van der Waals surface area (Å²) in [4.78, 5) is 16.6. The van der Waals surface area contributed by atoms with E-state index in [0.717, 1.165) is 78.5 Å². The van der Waals surface area contributed by atoms with E-state index in [9.17, 15) is 0 Å². The van der Waals surface area contributed by atoms with E-state index in [-0.39, 0.29) is 6.04 Å². The van der Waals surface area contributed by atoms with Gasteiger partial charge in [-0.3, -0.25) is 0 Å². The minimum atomic E-state index is 0.126. The van der Waals surface area contributed by atoms with Gasteiger partial charge in [-0.15, -0.1) is 0 Å². The first-order valence-electron chi connectivity index (χ1n) is 13.3. The molecule has 2 unspecified atom stereocenters. The largest absolute Gasteiger partial charge is 0.344 e. The predicted octanol–water partition coefficient (Wildman–Crippen LogP) is 4.98. The molecule has 0 radical (unpaired) electrons. The van der Waals surface area contributed by atoms with E-state index in [1.54, 1.807) is 0 Å². The number of H-pyrrole nitrogens is 2. The summed E-state index contributed by atoms with van der Waals surface area (Å²) in [6.07, 6.45) is 7.29. The molecule has 184 valence electrons. The van der Waals surface area contributed by atoms with Crippen LogP contribution in [-0.4, -0.2) is 33.0 Å². The smallest absolute Gasteiger partial charge is 0.127 e. The van der Waals surface area contributed by atoms with Gasteiger partial charge in [-0.1, -0.05) is 42.2 Å². The van der Waals surface area contributed by atoms with Crippen LogP contribution in [0.3, 0.4) is 0 Å². The molecule has 0 spiro atoms. The van der Waals surface area contributed by atoms with Crippen molar-refractivity contribution in [3.8, 4) is 34.4 Å². The molecule has 6 nitrogen and oxygen atoms in total. The first-order chi connectivity index (χ1) is 18.2. The molecular formula is C31H30N6. The zero-order chi connectivity index (χ0) is 24.8. The second kappa shape index (κ2) is 9.19. The number of nitrogens with zero attached hydrogens (tertiary/aromatic N) is 2. The van der Waals surface area contributed by atoms with Crippen LogP contribution in [0.5, 0.6) is 0 Å². The van der Waals surface area contributed by atoms with Crippen LogP contribution in [0.15, 0.2) is 60.8 Å². The van der Waals surface area contributed by atoms with E-state index >= 15 is 0 Å². The number of fused-ring (bicyclic) bond motifs is 3. The Labute approximate surface area is 217 Å². The summed E-state index contributed by atoms with van der Waals surface area (Å²) in [7, 11) is 0. The van der Waals surface area contributed by atoms with Gasteiger partial charge < -0.3 is 20.6 Å². The van der Waals surface area contributed by atoms with Crippen LogP contribution in [0.1, 0.15) is 65.4 Å². The summed E-state index contributed by atoms with van der Waals surface area (Å²) in [6.45, 7) is 6.19. The van der Waals surface area contributed by atoms with Crippen molar-refractivity contribution in [1.29, 1.82) is 0 Å². The highest BCUT2D eigenvalue weighted by molar-refractivity contribution is 5.70. The van der Waals surface area contributed by atoms with Crippen molar-refractivity contribution in [2.75, 3.05) is 13.1 Å². The number of rotatable bonds is 3. The molecule has 4 N–H and O–H groups in total. The number of aryl methyl sites for hydroxylation is 2. The minimum Gasteiger partial charge on any atom is -0.344 e. The van der Waals surface area contributed by atoms with Crippen LogP contribution < -0.4 is 10.6 Å². The molecule has 3 aliphatic rings. The molecule has 1 aliphatic carbocycles. The van der Waals surface area contributed by atoms with E-state index < -0.39 is 0 Å². The lowest BCUT2D eigenvalue weighted by molar-refractivity contribution is 0.611. The van der Waals surface area contributed by atoms with E-state index in [4.69, 9.17) is 4.98 Å². The Bertz CT molecular complexity index is 1540. The summed E-state index contributed by atoms with van der Waals surface area (Å²) in [5.74, 6) is 8.72. The number of hydrogen-bond donors (Lipinski definition) is 4. The molecule has 4 aromatic rings. The van der Waals surface area contributed by atoms with Crippen molar-refractivity contribution >= 4 is 0 Å². The van der Waals surface area contributed by atoms with E-state index in [1.165, 1.54) is 28.8 Å². The molecule has 2 aromatic carbocycles. The van der Waals surface area contributed by atoms with Crippen LogP contribution in [0, 0.1) is 11.8 Å². The zero-order valence-corrected chi connectivity index (χ0v) is 20.8. The Balaban J connectivity index is 1.08. The number of benzene rings is 2. The summed E-state index contributed by atoms with van der Waals surface area (Å²) in [5, 5.41) is 7.00. The Kier molecular flexibility index (Phi) is 5.53. The van der Waals surface area contributed by atoms with Crippen molar-refractivity contribution in [1.82, 2.24) is 30.6 Å². The van der Waals surface area contributed by atoms with Crippen molar-refractivity contribution in [2.45, 2.75) is 44.2 Å². The SMILES string of the molecule is C=C1CCNC1c1ncc(-c2ccc(C#Cc3ccc4c(c3)CCc3[nH]c(C5CCCN5)nc3-4)cc2)[nH]1. The first-order valence-corrected chi connectivity index (χ1v) is 13.3. The van der Waals surface area contributed by atoms with Crippen molar-refractivity contribution in [2.24, 2.45) is 0 Å². The van der Waals surface area contributed by atoms with Gasteiger partial charge >= 0.3 is 0 Å². The quantitative estimate of drug-likeness (QED) is 0.243. The molecule has 37 heavy (non-hydrogen) atoms. The molecule has 2 aromatic heterocycles. The van der Waals surface area contributed by atoms with Gasteiger partial charge in [0.1, 0.15) is 11.6 Å². The van der Waals surface area contributed by atoms with Crippen LogP contribution in [0.2, 0.25) is 0 Å². The van der Waals surface area contributed by atoms with Gasteiger partial charge in [0, 0.05) is 22.4 Å². The van der Waals surface area contributed by atoms with Gasteiger partial charge in [0.15, 0.2) is 0 Å². The highest BCUT2D eigenvalue weighted by Gasteiger charge is 2.25. The second-order valence-electron chi connectivity index (χ2n) is 10.3. The van der Waals surface area contributed by atoms with Gasteiger partial charge in [0.25, 0.3) is 0 Å². The fraction of sp³-hybridized carbons (Fsp3) is 0.290. The molecule has 2 atom stereocenters. The predicted molar refractivity (Wildman–Crippen MR) is 146 cm³/mol. The summed E-state index contributed by atoms with van der Waals surface area (Å²) in [5.41, 5.74) is 10.3. The number of hydrogen-bond acceptors (Lipinski definition) is 4. The Morgan fingerprint density at radius 3 is 2.54 bits per heavy atom. The molecule has 0 saturated carbocycles. The number of imidazole rings is 2. The van der Waals surface area contributed by atoms with Crippen molar-refractivity contribution in [3.63, 3.8) is 0 Å². The zero-order valence-electron chi connectivity index (χ0n) is 20.8. The Morgan fingerprint density at radius 2 is 1.73 bits per heavy atom. The maximum Gasteiger partial charge on any atom is 0.127 e. The topological polar surface area (TPSA) is 81.4 Å². The molecule has 2 aliphatic heterocycles. The van der Waals surface area contributed by atoms with E-state index in [0.29, 0.717) is 6.04 Å². The van der Waals surface area contributed by atoms with Gasteiger partial charge in [0.05, 0.1) is 29.7 Å². The summed E-state index contributed by atoms with van der Waals surface area (Å²) in [6, 6.07) is 15.4. The first kappa shape index (κ1) is 22.3. The highest BCUT2D eigenvalue weighted by Crippen LogP contribution is 2.34. The Morgan fingerprint density at radius 1 is 0.865 bits per heavy atom. The Hall–Kier alpha value is -3.92. The lowest BCUT2D eigenvalue weighted by atomic mass is 9.91. The molecule has 6 heteroatoms. The monoisotopic (exact) mass is 486 g/mol. The maximum atomic E-state index is 4.99. The van der Waals surface area contributed by atoms with Crippen molar-refractivity contribution in [3.05, 3.63) is 94.8 Å². The summed E-state index contributed by atoms with van der Waals surface area (Å²) < 4.78 is 0. The maximum absolute atomic E-state index is 4.99. The van der Waals surface area contributed by atoms with Gasteiger partial charge in [-0.05, 0) is 80.6 Å². The van der Waals surface area contributed by atoms with Crippen LogP contribution in [0.4, 0.5) is 0 Å². The molecular weight excluding hydrogens is 456 g/mol. The number of aromatic amines is 2. The molecule has 0 amide bonds. The second-order valence-corrected chi connectivity index (χ2v) is 10.3. The lowest BCUT2D eigenvalue weighted by Crippen LogP contribution is -2.14. The van der Waals surface area contributed by atoms with Crippen LogP contribution in [-0.2, 0) is 12.8 Å². The number of aromatic nitrogens is 4. The lowest BCUT2D eigenvalue weighted by Gasteiger charge is -2.15. The fourth-order valence-electron chi connectivity index (χ4n) is 5.75. The standard InChI is InChI=1S/C31H30N6/c1-19-14-16-33-28(19)31-34-18-27(36-31)22-9-6-20(7-10-22)4-5-21-8-12-24-23(17-21)11-13-25-29(24)37-30(35-25)26-3-2-15-32-26/h6-10,12,17-18,26,28,32-33H,1-3,11,13-16H2,(H,34,36)(H,35,37). The summed E-state index contributed by atoms with van der Waals surface area (Å²) >= 11 is 0. The fourth-order valence-corrected chi connectivity index (χ4v) is 5.75. The number of nitrogens with one attached hydrogen (secondary N) is 4. The van der Waals surface area contributed by atoms with Gasteiger partial charge in [-0.2, -0.15) is 0 Å². The van der Waals surface area contributed by atoms with Crippen LogP contribution >= 0.6 is 0 Å². The van der Waals surface area contributed by atoms with E-state index in [2.05, 4.69) is 86.5 Å². The molecule has 2 fully saturated rings. The molecule has 2 saturated heterocycles. The average Bonchev–Trinajstić information content (AvgIpc) is 3.73. The van der Waals surface area contributed by atoms with Gasteiger partial charge in [0.2, 0.25) is 0 Å². The third kappa shape index (κ3) is 4.21. The van der Waals surface area contributed by atoms with Crippen molar-refractivity contribution < 1.29 is 0 Å². The third-order valence-corrected chi connectivity index (χ3v) is 7.81. The minimum absolute atomic E-state index is 0.126. The highest BCUT2D eigenvalue weighted by atomic mass is 15.1. The molecule has 0 bridgehead atoms. The molecule has 4 heterocycles. The average molecular weight is 487 g/mol. The normalized spacial score (nSPS) is 20.4.